The molecule has 124 valence electrons. The van der Waals surface area contributed by atoms with Crippen LogP contribution in [0.25, 0.3) is 11.1 Å². The zero-order valence-corrected chi connectivity index (χ0v) is 14.2. The molecular weight excluding hydrogens is 353 g/mol. The van der Waals surface area contributed by atoms with Gasteiger partial charge in [-0.1, -0.05) is 36.7 Å². The Balaban J connectivity index is 2.09. The van der Waals surface area contributed by atoms with Crippen molar-refractivity contribution in [1.29, 1.82) is 0 Å². The largest absolute Gasteiger partial charge is 0.439 e. The first kappa shape index (κ1) is 16.8. The van der Waals surface area contributed by atoms with Crippen LogP contribution in [0.15, 0.2) is 46.9 Å². The Morgan fingerprint density at radius 3 is 2.83 bits per heavy atom. The second kappa shape index (κ2) is 7.23. The van der Waals surface area contributed by atoms with Gasteiger partial charge in [-0.05, 0) is 36.0 Å². The van der Waals surface area contributed by atoms with Gasteiger partial charge in [0.25, 0.3) is 0 Å². The number of oxazole rings is 1. The number of thioether (sulfide) groups is 1. The van der Waals surface area contributed by atoms with Crippen LogP contribution in [-0.2, 0) is 4.74 Å². The van der Waals surface area contributed by atoms with Crippen molar-refractivity contribution in [3.05, 3.63) is 64.8 Å². The molecule has 0 aliphatic heterocycles. The van der Waals surface area contributed by atoms with Gasteiger partial charge in [0.15, 0.2) is 5.58 Å². The summed E-state index contributed by atoms with van der Waals surface area (Å²) in [4.78, 5) is 16.3. The van der Waals surface area contributed by atoms with Gasteiger partial charge < -0.3 is 9.15 Å². The predicted octanol–water partition coefficient (Wildman–Crippen LogP) is 5.60. The first-order chi connectivity index (χ1) is 11.6. The summed E-state index contributed by atoms with van der Waals surface area (Å²) >= 11 is 7.10. The van der Waals surface area contributed by atoms with Gasteiger partial charge >= 0.3 is 5.30 Å². The maximum absolute atomic E-state index is 14.3. The number of hydrogen-bond acceptors (Lipinski definition) is 5. The number of ether oxygens (including phenoxy) is 1. The van der Waals surface area contributed by atoms with Gasteiger partial charge in [-0.25, -0.2) is 14.2 Å². The summed E-state index contributed by atoms with van der Waals surface area (Å²) in [5.74, 6) is 0.0155. The molecule has 24 heavy (non-hydrogen) atoms. The lowest BCUT2D eigenvalue weighted by atomic mass is 10.1. The molecule has 1 heterocycles. The molecule has 7 heteroatoms. The van der Waals surface area contributed by atoms with Crippen LogP contribution in [0.2, 0.25) is 5.02 Å². The van der Waals surface area contributed by atoms with Crippen molar-refractivity contribution in [3.8, 4) is 0 Å². The summed E-state index contributed by atoms with van der Waals surface area (Å²) in [6, 6.07) is 11.3. The number of aromatic nitrogens is 1. The molecule has 0 saturated carbocycles. The zero-order valence-electron chi connectivity index (χ0n) is 12.7. The molecule has 0 amide bonds. The minimum absolute atomic E-state index is 0.0239. The Bertz CT molecular complexity index is 830. The van der Waals surface area contributed by atoms with Crippen molar-refractivity contribution in [2.75, 3.05) is 5.75 Å². The molecule has 0 fully saturated rings. The van der Waals surface area contributed by atoms with Gasteiger partial charge in [-0.15, -0.1) is 0 Å². The average molecular weight is 366 g/mol. The average Bonchev–Trinajstić information content (AvgIpc) is 2.97. The maximum Gasteiger partial charge on any atom is 0.368 e. The number of para-hydroxylation sites is 2. The van der Waals surface area contributed by atoms with E-state index in [1.165, 1.54) is 18.2 Å². The molecule has 3 rings (SSSR count). The Kier molecular flexibility index (Phi) is 5.06. The van der Waals surface area contributed by atoms with Crippen molar-refractivity contribution in [1.82, 2.24) is 4.98 Å². The van der Waals surface area contributed by atoms with Crippen LogP contribution in [0.5, 0.6) is 0 Å². The highest BCUT2D eigenvalue weighted by molar-refractivity contribution is 8.13. The lowest BCUT2D eigenvalue weighted by Crippen LogP contribution is -2.12. The maximum atomic E-state index is 14.3. The summed E-state index contributed by atoms with van der Waals surface area (Å²) in [6.45, 7) is 1.82. The van der Waals surface area contributed by atoms with Crippen LogP contribution in [0, 0.1) is 5.82 Å². The first-order valence-corrected chi connectivity index (χ1v) is 8.59. The van der Waals surface area contributed by atoms with E-state index in [1.54, 1.807) is 24.3 Å². The molecule has 0 bridgehead atoms. The summed E-state index contributed by atoms with van der Waals surface area (Å²) in [5, 5.41) is -0.416. The number of halogens is 2. The van der Waals surface area contributed by atoms with Crippen molar-refractivity contribution < 1.29 is 18.3 Å². The number of rotatable bonds is 4. The Morgan fingerprint density at radius 2 is 2.12 bits per heavy atom. The molecule has 1 aromatic heterocycles. The number of carbonyl (C=O) groups is 1. The first-order valence-electron chi connectivity index (χ1n) is 7.23. The topological polar surface area (TPSA) is 52.3 Å². The molecule has 0 aliphatic rings. The van der Waals surface area contributed by atoms with Crippen molar-refractivity contribution in [2.24, 2.45) is 0 Å². The molecule has 2 aromatic carbocycles. The van der Waals surface area contributed by atoms with E-state index >= 15 is 0 Å². The standard InChI is InChI=1S/C17H13ClFNO3S/c1-2-24-17(21)23-15(14-10(18)6-5-7-11(14)19)16-20-12-8-3-4-9-13(12)22-16/h3-9,15H,2H2,1H3. The number of carbonyl (C=O) groups excluding carboxylic acids is 1. The van der Waals surface area contributed by atoms with Crippen LogP contribution in [0.1, 0.15) is 24.5 Å². The molecule has 0 spiro atoms. The molecule has 4 nitrogen and oxygen atoms in total. The molecule has 0 aliphatic carbocycles. The number of fused-ring (bicyclic) bond motifs is 1. The molecule has 0 saturated heterocycles. The lowest BCUT2D eigenvalue weighted by Gasteiger charge is -2.16. The van der Waals surface area contributed by atoms with Crippen LogP contribution in [-0.4, -0.2) is 16.0 Å². The quantitative estimate of drug-likeness (QED) is 0.563. The highest BCUT2D eigenvalue weighted by Gasteiger charge is 2.29. The number of hydrogen-bond donors (Lipinski definition) is 0. The van der Waals surface area contributed by atoms with Crippen LogP contribution in [0.3, 0.4) is 0 Å². The molecule has 0 radical (unpaired) electrons. The highest BCUT2D eigenvalue weighted by Crippen LogP contribution is 2.35. The third-order valence-corrected chi connectivity index (χ3v) is 4.22. The monoisotopic (exact) mass is 365 g/mol. The lowest BCUT2D eigenvalue weighted by molar-refractivity contribution is 0.127. The zero-order chi connectivity index (χ0) is 17.1. The van der Waals surface area contributed by atoms with E-state index in [4.69, 9.17) is 20.8 Å². The fourth-order valence-corrected chi connectivity index (χ4v) is 2.91. The summed E-state index contributed by atoms with van der Waals surface area (Å²) in [7, 11) is 0. The van der Waals surface area contributed by atoms with E-state index in [0.717, 1.165) is 11.8 Å². The van der Waals surface area contributed by atoms with Crippen molar-refractivity contribution >= 4 is 39.8 Å². The van der Waals surface area contributed by atoms with Crippen LogP contribution in [0.4, 0.5) is 9.18 Å². The minimum atomic E-state index is -1.15. The SMILES string of the molecule is CCSC(=O)OC(c1nc2ccccc2o1)c1c(F)cccc1Cl. The van der Waals surface area contributed by atoms with Gasteiger partial charge in [-0.2, -0.15) is 0 Å². The van der Waals surface area contributed by atoms with E-state index in [1.807, 2.05) is 6.92 Å². The molecule has 0 N–H and O–H groups in total. The van der Waals surface area contributed by atoms with Crippen molar-refractivity contribution in [3.63, 3.8) is 0 Å². The molecular formula is C17H13ClFNO3S. The van der Waals surface area contributed by atoms with E-state index in [2.05, 4.69) is 4.98 Å². The minimum Gasteiger partial charge on any atom is -0.439 e. The smallest absolute Gasteiger partial charge is 0.368 e. The fraction of sp³-hybridized carbons (Fsp3) is 0.176. The predicted molar refractivity (Wildman–Crippen MR) is 91.9 cm³/mol. The van der Waals surface area contributed by atoms with E-state index < -0.39 is 17.2 Å². The normalized spacial score (nSPS) is 12.3. The summed E-state index contributed by atoms with van der Waals surface area (Å²) < 4.78 is 25.4. The number of nitrogens with zero attached hydrogens (tertiary/aromatic N) is 1. The van der Waals surface area contributed by atoms with Gasteiger partial charge in [0, 0.05) is 5.75 Å². The third-order valence-electron chi connectivity index (χ3n) is 3.27. The van der Waals surface area contributed by atoms with Crippen LogP contribution < -0.4 is 0 Å². The second-order valence-corrected chi connectivity index (χ2v) is 6.44. The van der Waals surface area contributed by atoms with E-state index in [-0.39, 0.29) is 16.5 Å². The Labute approximate surface area is 147 Å². The Morgan fingerprint density at radius 1 is 1.33 bits per heavy atom. The fourth-order valence-electron chi connectivity index (χ4n) is 2.24. The highest BCUT2D eigenvalue weighted by atomic mass is 35.5. The molecule has 1 atom stereocenters. The Hall–Kier alpha value is -2.05. The summed E-state index contributed by atoms with van der Waals surface area (Å²) in [6.07, 6.45) is -1.15. The number of benzene rings is 2. The van der Waals surface area contributed by atoms with E-state index in [9.17, 15) is 9.18 Å². The molecule has 3 aromatic rings. The van der Waals surface area contributed by atoms with Crippen molar-refractivity contribution in [2.45, 2.75) is 13.0 Å². The molecule has 1 unspecified atom stereocenters. The van der Waals surface area contributed by atoms with Crippen LogP contribution >= 0.6 is 23.4 Å². The van der Waals surface area contributed by atoms with E-state index in [0.29, 0.717) is 16.9 Å². The van der Waals surface area contributed by atoms with Gasteiger partial charge in [0.1, 0.15) is 11.3 Å². The van der Waals surface area contributed by atoms with Gasteiger partial charge in [0.05, 0.1) is 10.6 Å². The third kappa shape index (κ3) is 3.39. The van der Waals surface area contributed by atoms with Gasteiger partial charge in [0.2, 0.25) is 12.0 Å². The van der Waals surface area contributed by atoms with Gasteiger partial charge in [-0.3, -0.25) is 0 Å². The summed E-state index contributed by atoms with van der Waals surface area (Å²) in [5.41, 5.74) is 1.13. The second-order valence-electron chi connectivity index (χ2n) is 4.84.